The van der Waals surface area contributed by atoms with Gasteiger partial charge < -0.3 is 15.2 Å². The van der Waals surface area contributed by atoms with Gasteiger partial charge in [0.2, 0.25) is 0 Å². The SMILES string of the molecule is CC(C)CNC(=O)NC(c1cccc(F)c1)c1nccn1C. The summed E-state index contributed by atoms with van der Waals surface area (Å²) in [5.41, 5.74) is 0.647. The van der Waals surface area contributed by atoms with Gasteiger partial charge in [-0.2, -0.15) is 0 Å². The average molecular weight is 304 g/mol. The Morgan fingerprint density at radius 1 is 1.41 bits per heavy atom. The van der Waals surface area contributed by atoms with E-state index in [0.29, 0.717) is 23.9 Å². The molecule has 1 aromatic carbocycles. The number of hydrogen-bond donors (Lipinski definition) is 2. The zero-order valence-electron chi connectivity index (χ0n) is 13.0. The molecule has 0 aliphatic heterocycles. The number of amides is 2. The highest BCUT2D eigenvalue weighted by molar-refractivity contribution is 5.74. The Labute approximate surface area is 129 Å². The number of rotatable bonds is 5. The maximum atomic E-state index is 13.5. The highest BCUT2D eigenvalue weighted by Gasteiger charge is 2.21. The molecule has 2 aromatic rings. The minimum Gasteiger partial charge on any atom is -0.338 e. The summed E-state index contributed by atoms with van der Waals surface area (Å²) < 4.78 is 15.3. The molecule has 2 rings (SSSR count). The number of aromatic nitrogens is 2. The molecule has 0 saturated carbocycles. The van der Waals surface area contributed by atoms with Gasteiger partial charge in [0.05, 0.1) is 0 Å². The van der Waals surface area contributed by atoms with Crippen LogP contribution in [0.3, 0.4) is 0 Å². The van der Waals surface area contributed by atoms with Crippen LogP contribution in [0.4, 0.5) is 9.18 Å². The Hall–Kier alpha value is -2.37. The maximum Gasteiger partial charge on any atom is 0.315 e. The summed E-state index contributed by atoms with van der Waals surface area (Å²) in [7, 11) is 1.84. The molecule has 22 heavy (non-hydrogen) atoms. The first kappa shape index (κ1) is 16.0. The first-order chi connectivity index (χ1) is 10.5. The Morgan fingerprint density at radius 3 is 2.77 bits per heavy atom. The van der Waals surface area contributed by atoms with E-state index >= 15 is 0 Å². The highest BCUT2D eigenvalue weighted by atomic mass is 19.1. The van der Waals surface area contributed by atoms with Crippen molar-refractivity contribution in [1.82, 2.24) is 20.2 Å². The summed E-state index contributed by atoms with van der Waals surface area (Å²) in [6.45, 7) is 4.61. The maximum absolute atomic E-state index is 13.5. The first-order valence-electron chi connectivity index (χ1n) is 7.24. The van der Waals surface area contributed by atoms with Crippen molar-refractivity contribution in [3.63, 3.8) is 0 Å². The summed E-state index contributed by atoms with van der Waals surface area (Å²) in [4.78, 5) is 16.3. The molecule has 2 N–H and O–H groups in total. The first-order valence-corrected chi connectivity index (χ1v) is 7.24. The standard InChI is InChI=1S/C16H21FN4O/c1-11(2)10-19-16(22)20-14(15-18-7-8-21(15)3)12-5-4-6-13(17)9-12/h4-9,11,14H,10H2,1-3H3,(H2,19,20,22). The third-order valence-electron chi connectivity index (χ3n) is 3.24. The molecule has 0 radical (unpaired) electrons. The Balaban J connectivity index is 2.23. The van der Waals surface area contributed by atoms with Crippen LogP contribution in [0.5, 0.6) is 0 Å². The van der Waals surface area contributed by atoms with Crippen LogP contribution < -0.4 is 10.6 Å². The van der Waals surface area contributed by atoms with Gasteiger partial charge in [-0.25, -0.2) is 14.2 Å². The molecule has 118 valence electrons. The van der Waals surface area contributed by atoms with Crippen LogP contribution >= 0.6 is 0 Å². The fourth-order valence-corrected chi connectivity index (χ4v) is 2.12. The van der Waals surface area contributed by atoms with E-state index in [1.807, 2.05) is 20.9 Å². The molecule has 1 atom stereocenters. The van der Waals surface area contributed by atoms with Crippen LogP contribution in [0.1, 0.15) is 31.3 Å². The average Bonchev–Trinajstić information content (AvgIpc) is 2.88. The zero-order chi connectivity index (χ0) is 16.1. The van der Waals surface area contributed by atoms with Crippen molar-refractivity contribution in [3.05, 3.63) is 53.9 Å². The highest BCUT2D eigenvalue weighted by Crippen LogP contribution is 2.21. The van der Waals surface area contributed by atoms with E-state index in [-0.39, 0.29) is 11.8 Å². The molecular weight excluding hydrogens is 283 g/mol. The molecule has 1 unspecified atom stereocenters. The van der Waals surface area contributed by atoms with E-state index in [9.17, 15) is 9.18 Å². The molecule has 0 fully saturated rings. The van der Waals surface area contributed by atoms with E-state index in [1.165, 1.54) is 12.1 Å². The summed E-state index contributed by atoms with van der Waals surface area (Å²) in [5.74, 6) is 0.651. The number of imidazole rings is 1. The minimum atomic E-state index is -0.511. The second-order valence-electron chi connectivity index (χ2n) is 5.63. The van der Waals surface area contributed by atoms with Crippen molar-refractivity contribution in [1.29, 1.82) is 0 Å². The number of hydrogen-bond acceptors (Lipinski definition) is 2. The van der Waals surface area contributed by atoms with Crippen LogP contribution in [0.2, 0.25) is 0 Å². The predicted molar refractivity (Wildman–Crippen MR) is 82.8 cm³/mol. The molecule has 1 heterocycles. The topological polar surface area (TPSA) is 59.0 Å². The number of carbonyl (C=O) groups excluding carboxylic acids is 1. The van der Waals surface area contributed by atoms with Crippen molar-refractivity contribution < 1.29 is 9.18 Å². The van der Waals surface area contributed by atoms with E-state index in [0.717, 1.165) is 0 Å². The number of carbonyl (C=O) groups is 1. The lowest BCUT2D eigenvalue weighted by Crippen LogP contribution is -2.40. The van der Waals surface area contributed by atoms with Crippen molar-refractivity contribution in [3.8, 4) is 0 Å². The molecule has 0 bridgehead atoms. The van der Waals surface area contributed by atoms with Gasteiger partial charge in [0.1, 0.15) is 17.7 Å². The molecule has 0 saturated heterocycles. The number of nitrogens with one attached hydrogen (secondary N) is 2. The quantitative estimate of drug-likeness (QED) is 0.892. The Morgan fingerprint density at radius 2 is 2.18 bits per heavy atom. The molecule has 0 spiro atoms. The van der Waals surface area contributed by atoms with Gasteiger partial charge in [-0.15, -0.1) is 0 Å². The number of nitrogens with zero attached hydrogens (tertiary/aromatic N) is 2. The Bertz CT molecular complexity index is 639. The molecular formula is C16H21FN4O. The predicted octanol–water partition coefficient (Wildman–Crippen LogP) is 2.60. The van der Waals surface area contributed by atoms with E-state index in [2.05, 4.69) is 15.6 Å². The van der Waals surface area contributed by atoms with Crippen LogP contribution in [0, 0.1) is 11.7 Å². The van der Waals surface area contributed by atoms with Gasteiger partial charge in [0.15, 0.2) is 0 Å². The van der Waals surface area contributed by atoms with Gasteiger partial charge in [0, 0.05) is 26.0 Å². The zero-order valence-corrected chi connectivity index (χ0v) is 13.0. The normalized spacial score (nSPS) is 12.2. The lowest BCUT2D eigenvalue weighted by atomic mass is 10.1. The van der Waals surface area contributed by atoms with Crippen LogP contribution in [-0.2, 0) is 7.05 Å². The fraction of sp³-hybridized carbons (Fsp3) is 0.375. The third kappa shape index (κ3) is 4.07. The molecule has 0 aliphatic carbocycles. The number of aryl methyl sites for hydroxylation is 1. The lowest BCUT2D eigenvalue weighted by Gasteiger charge is -2.20. The summed E-state index contributed by atoms with van der Waals surface area (Å²) in [6.07, 6.45) is 3.44. The lowest BCUT2D eigenvalue weighted by molar-refractivity contribution is 0.237. The van der Waals surface area contributed by atoms with Gasteiger partial charge in [-0.05, 0) is 23.6 Å². The Kier molecular flexibility index (Phi) is 5.14. The number of halogens is 1. The second kappa shape index (κ2) is 7.06. The van der Waals surface area contributed by atoms with Gasteiger partial charge >= 0.3 is 6.03 Å². The van der Waals surface area contributed by atoms with Gasteiger partial charge in [-0.3, -0.25) is 0 Å². The van der Waals surface area contributed by atoms with Crippen molar-refractivity contribution >= 4 is 6.03 Å². The third-order valence-corrected chi connectivity index (χ3v) is 3.24. The fourth-order valence-electron chi connectivity index (χ4n) is 2.12. The molecule has 2 amide bonds. The van der Waals surface area contributed by atoms with E-state index < -0.39 is 6.04 Å². The smallest absolute Gasteiger partial charge is 0.315 e. The summed E-state index contributed by atoms with van der Waals surface area (Å²) >= 11 is 0. The summed E-state index contributed by atoms with van der Waals surface area (Å²) in [5, 5.41) is 5.66. The number of benzene rings is 1. The molecule has 1 aromatic heterocycles. The van der Waals surface area contributed by atoms with Crippen molar-refractivity contribution in [2.75, 3.05) is 6.54 Å². The van der Waals surface area contributed by atoms with Crippen LogP contribution in [0.25, 0.3) is 0 Å². The second-order valence-corrected chi connectivity index (χ2v) is 5.63. The van der Waals surface area contributed by atoms with E-state index in [4.69, 9.17) is 0 Å². The molecule has 0 aliphatic rings. The summed E-state index contributed by atoms with van der Waals surface area (Å²) in [6, 6.07) is 5.35. The largest absolute Gasteiger partial charge is 0.338 e. The van der Waals surface area contributed by atoms with Gasteiger partial charge in [0.25, 0.3) is 0 Å². The number of urea groups is 1. The van der Waals surface area contributed by atoms with Crippen molar-refractivity contribution in [2.24, 2.45) is 13.0 Å². The monoisotopic (exact) mass is 304 g/mol. The molecule has 6 heteroatoms. The van der Waals surface area contributed by atoms with Gasteiger partial charge in [-0.1, -0.05) is 26.0 Å². The van der Waals surface area contributed by atoms with Crippen LogP contribution in [-0.4, -0.2) is 22.1 Å². The minimum absolute atomic E-state index is 0.300. The van der Waals surface area contributed by atoms with E-state index in [1.54, 1.807) is 29.1 Å². The van der Waals surface area contributed by atoms with Crippen molar-refractivity contribution in [2.45, 2.75) is 19.9 Å². The van der Waals surface area contributed by atoms with Crippen LogP contribution in [0.15, 0.2) is 36.7 Å². The molecule has 5 nitrogen and oxygen atoms in total.